The number of anilines is 1. The number of rotatable bonds is 4. The van der Waals surface area contributed by atoms with Crippen LogP contribution in [0, 0.1) is 11.6 Å². The highest BCUT2D eigenvalue weighted by atomic mass is 79.9. The van der Waals surface area contributed by atoms with Gasteiger partial charge in [-0.25, -0.2) is 8.78 Å². The smallest absolute Gasteiger partial charge is 0.159 e. The predicted molar refractivity (Wildman–Crippen MR) is 79.1 cm³/mol. The van der Waals surface area contributed by atoms with Crippen molar-refractivity contribution in [3.8, 4) is 5.75 Å². The Balaban J connectivity index is 2.24. The van der Waals surface area contributed by atoms with E-state index >= 15 is 0 Å². The summed E-state index contributed by atoms with van der Waals surface area (Å²) in [6, 6.07) is 9.25. The zero-order chi connectivity index (χ0) is 14.7. The Kier molecular flexibility index (Phi) is 4.60. The summed E-state index contributed by atoms with van der Waals surface area (Å²) in [6.45, 7) is 1.87. The van der Waals surface area contributed by atoms with Crippen molar-refractivity contribution < 1.29 is 13.5 Å². The Hall–Kier alpha value is -1.62. The summed E-state index contributed by atoms with van der Waals surface area (Å²) >= 11 is 3.39. The second-order valence-corrected chi connectivity index (χ2v) is 5.30. The molecule has 0 saturated carbocycles. The Morgan fingerprint density at radius 3 is 2.50 bits per heavy atom. The molecule has 1 atom stereocenters. The number of benzene rings is 2. The molecule has 0 saturated heterocycles. The Morgan fingerprint density at radius 1 is 1.10 bits per heavy atom. The van der Waals surface area contributed by atoms with Crippen LogP contribution in [-0.4, -0.2) is 7.11 Å². The van der Waals surface area contributed by atoms with Crippen LogP contribution in [0.2, 0.25) is 0 Å². The Bertz CT molecular complexity index is 619. The summed E-state index contributed by atoms with van der Waals surface area (Å²) in [5.41, 5.74) is 1.44. The maximum absolute atomic E-state index is 13.3. The number of hydrogen-bond donors (Lipinski definition) is 1. The van der Waals surface area contributed by atoms with Crippen LogP contribution in [0.15, 0.2) is 40.9 Å². The zero-order valence-corrected chi connectivity index (χ0v) is 12.7. The molecule has 20 heavy (non-hydrogen) atoms. The van der Waals surface area contributed by atoms with Crippen molar-refractivity contribution in [1.82, 2.24) is 0 Å². The average Bonchev–Trinajstić information content (AvgIpc) is 2.42. The van der Waals surface area contributed by atoms with E-state index in [-0.39, 0.29) is 6.04 Å². The van der Waals surface area contributed by atoms with E-state index in [1.807, 2.05) is 25.1 Å². The number of methoxy groups -OCH3 is 1. The van der Waals surface area contributed by atoms with Gasteiger partial charge >= 0.3 is 0 Å². The molecule has 0 aliphatic heterocycles. The molecule has 0 radical (unpaired) electrons. The molecule has 0 fully saturated rings. The van der Waals surface area contributed by atoms with Crippen molar-refractivity contribution in [3.63, 3.8) is 0 Å². The molecule has 2 rings (SSSR count). The van der Waals surface area contributed by atoms with E-state index in [1.165, 1.54) is 6.07 Å². The van der Waals surface area contributed by atoms with Crippen LogP contribution in [0.4, 0.5) is 14.5 Å². The molecule has 0 aliphatic carbocycles. The van der Waals surface area contributed by atoms with E-state index in [0.717, 1.165) is 16.2 Å². The molecule has 0 bridgehead atoms. The topological polar surface area (TPSA) is 21.3 Å². The van der Waals surface area contributed by atoms with Gasteiger partial charge in [-0.1, -0.05) is 22.0 Å². The molecule has 106 valence electrons. The fourth-order valence-corrected chi connectivity index (χ4v) is 2.25. The fraction of sp³-hybridized carbons (Fsp3) is 0.200. The van der Waals surface area contributed by atoms with Crippen LogP contribution < -0.4 is 10.1 Å². The minimum Gasteiger partial charge on any atom is -0.495 e. The molecule has 0 amide bonds. The first-order valence-corrected chi connectivity index (χ1v) is 6.85. The van der Waals surface area contributed by atoms with Crippen molar-refractivity contribution in [2.24, 2.45) is 0 Å². The average molecular weight is 342 g/mol. The van der Waals surface area contributed by atoms with E-state index in [1.54, 1.807) is 13.2 Å². The van der Waals surface area contributed by atoms with E-state index in [0.29, 0.717) is 11.3 Å². The largest absolute Gasteiger partial charge is 0.495 e. The molecular formula is C15H14BrF2NO. The first kappa shape index (κ1) is 14.8. The Morgan fingerprint density at radius 2 is 1.85 bits per heavy atom. The van der Waals surface area contributed by atoms with Crippen molar-refractivity contribution in [2.75, 3.05) is 12.4 Å². The standard InChI is InChI=1S/C15H14BrF2NO/c1-9(10-3-5-12(17)13(18)7-10)19-14-8-11(16)4-6-15(14)20-2/h3-9,19H,1-2H3. The lowest BCUT2D eigenvalue weighted by Gasteiger charge is -2.18. The van der Waals surface area contributed by atoms with Crippen LogP contribution in [0.25, 0.3) is 0 Å². The van der Waals surface area contributed by atoms with Gasteiger partial charge in [-0.05, 0) is 42.8 Å². The lowest BCUT2D eigenvalue weighted by atomic mass is 10.1. The minimum absolute atomic E-state index is 0.187. The maximum Gasteiger partial charge on any atom is 0.159 e. The second-order valence-electron chi connectivity index (χ2n) is 4.38. The van der Waals surface area contributed by atoms with Crippen molar-refractivity contribution in [2.45, 2.75) is 13.0 Å². The fourth-order valence-electron chi connectivity index (χ4n) is 1.89. The Labute approximate surface area is 124 Å². The lowest BCUT2D eigenvalue weighted by Crippen LogP contribution is -2.08. The third-order valence-corrected chi connectivity index (χ3v) is 3.47. The van der Waals surface area contributed by atoms with Crippen molar-refractivity contribution in [3.05, 3.63) is 58.1 Å². The van der Waals surface area contributed by atoms with Gasteiger partial charge in [0.2, 0.25) is 0 Å². The molecule has 0 aromatic heterocycles. The summed E-state index contributed by atoms with van der Waals surface area (Å²) in [5, 5.41) is 3.22. The van der Waals surface area contributed by atoms with Gasteiger partial charge < -0.3 is 10.1 Å². The van der Waals surface area contributed by atoms with E-state index in [2.05, 4.69) is 21.2 Å². The van der Waals surface area contributed by atoms with Crippen LogP contribution in [-0.2, 0) is 0 Å². The molecule has 2 aromatic rings. The number of hydrogen-bond acceptors (Lipinski definition) is 2. The molecule has 0 heterocycles. The number of halogens is 3. The highest BCUT2D eigenvalue weighted by Gasteiger charge is 2.11. The molecule has 1 unspecified atom stereocenters. The monoisotopic (exact) mass is 341 g/mol. The van der Waals surface area contributed by atoms with Crippen LogP contribution in [0.1, 0.15) is 18.5 Å². The normalized spacial score (nSPS) is 12.1. The van der Waals surface area contributed by atoms with Gasteiger partial charge in [-0.2, -0.15) is 0 Å². The molecular weight excluding hydrogens is 328 g/mol. The zero-order valence-electron chi connectivity index (χ0n) is 11.1. The summed E-state index contributed by atoms with van der Waals surface area (Å²) in [4.78, 5) is 0. The van der Waals surface area contributed by atoms with Gasteiger partial charge in [-0.15, -0.1) is 0 Å². The first-order chi connectivity index (χ1) is 9.51. The molecule has 2 aromatic carbocycles. The summed E-state index contributed by atoms with van der Waals surface area (Å²) < 4.78 is 32.4. The van der Waals surface area contributed by atoms with Crippen LogP contribution >= 0.6 is 15.9 Å². The van der Waals surface area contributed by atoms with E-state index in [4.69, 9.17) is 4.74 Å². The molecule has 0 spiro atoms. The number of nitrogens with one attached hydrogen (secondary N) is 1. The number of ether oxygens (including phenoxy) is 1. The van der Waals surface area contributed by atoms with Gasteiger partial charge in [-0.3, -0.25) is 0 Å². The third-order valence-electron chi connectivity index (χ3n) is 2.98. The van der Waals surface area contributed by atoms with E-state index in [9.17, 15) is 8.78 Å². The van der Waals surface area contributed by atoms with Gasteiger partial charge in [0.05, 0.1) is 12.8 Å². The quantitative estimate of drug-likeness (QED) is 0.853. The summed E-state index contributed by atoms with van der Waals surface area (Å²) in [6.07, 6.45) is 0. The van der Waals surface area contributed by atoms with Crippen molar-refractivity contribution >= 4 is 21.6 Å². The SMILES string of the molecule is COc1ccc(Br)cc1NC(C)c1ccc(F)c(F)c1. The van der Waals surface area contributed by atoms with Gasteiger partial charge in [0.25, 0.3) is 0 Å². The van der Waals surface area contributed by atoms with Gasteiger partial charge in [0.15, 0.2) is 11.6 Å². The first-order valence-electron chi connectivity index (χ1n) is 6.06. The van der Waals surface area contributed by atoms with E-state index < -0.39 is 11.6 Å². The lowest BCUT2D eigenvalue weighted by molar-refractivity contribution is 0.416. The molecule has 1 N–H and O–H groups in total. The molecule has 2 nitrogen and oxygen atoms in total. The van der Waals surface area contributed by atoms with Crippen LogP contribution in [0.5, 0.6) is 5.75 Å². The molecule has 0 aliphatic rings. The van der Waals surface area contributed by atoms with Gasteiger partial charge in [0.1, 0.15) is 5.75 Å². The molecule has 5 heteroatoms. The predicted octanol–water partition coefficient (Wildman–Crippen LogP) is 4.91. The van der Waals surface area contributed by atoms with Gasteiger partial charge in [0, 0.05) is 10.5 Å². The second kappa shape index (κ2) is 6.22. The van der Waals surface area contributed by atoms with Crippen molar-refractivity contribution in [1.29, 1.82) is 0 Å². The summed E-state index contributed by atoms with van der Waals surface area (Å²) in [7, 11) is 1.58. The van der Waals surface area contributed by atoms with Crippen LogP contribution in [0.3, 0.4) is 0 Å². The maximum atomic E-state index is 13.3. The minimum atomic E-state index is -0.850. The highest BCUT2D eigenvalue weighted by Crippen LogP contribution is 2.31. The highest BCUT2D eigenvalue weighted by molar-refractivity contribution is 9.10. The third kappa shape index (κ3) is 3.28. The summed E-state index contributed by atoms with van der Waals surface area (Å²) in [5.74, 6) is -1.01.